The van der Waals surface area contributed by atoms with Gasteiger partial charge >= 0.3 is 0 Å². The lowest BCUT2D eigenvalue weighted by atomic mass is 9.53. The summed E-state index contributed by atoms with van der Waals surface area (Å²) in [6.07, 6.45) is 30.0. The number of aliphatic hydroxyl groups is 1. The fraction of sp³-hybridized carbons (Fsp3) is 0.861. The molecule has 1 heterocycles. The lowest BCUT2D eigenvalue weighted by Crippen LogP contribution is -2.45. The summed E-state index contributed by atoms with van der Waals surface area (Å²) < 4.78 is 2.12. The van der Waals surface area contributed by atoms with Gasteiger partial charge in [-0.1, -0.05) is 99.3 Å². The number of aromatic nitrogens is 2. The molecule has 1 aromatic heterocycles. The van der Waals surface area contributed by atoms with E-state index >= 15 is 0 Å². The SMILES string of the molecule is C.C#Cc1cnn(CC(C)C2CC(C3CC3)C3C4CCCCC(C)CCCC4CCC23C)c1.CCCC.CO. The predicted octanol–water partition coefficient (Wildman–Crippen LogP) is 9.63. The highest BCUT2D eigenvalue weighted by Gasteiger charge is 2.60. The minimum atomic E-state index is 0. The molecule has 0 aromatic carbocycles. The molecule has 4 saturated carbocycles. The summed E-state index contributed by atoms with van der Waals surface area (Å²) in [5.41, 5.74) is 1.45. The average molecular weight is 541 g/mol. The van der Waals surface area contributed by atoms with Gasteiger partial charge in [-0.05, 0) is 91.3 Å². The molecular formula is C36H64N2O. The van der Waals surface area contributed by atoms with Gasteiger partial charge in [0.1, 0.15) is 0 Å². The van der Waals surface area contributed by atoms with Gasteiger partial charge in [0, 0.05) is 19.9 Å². The molecule has 0 bridgehead atoms. The summed E-state index contributed by atoms with van der Waals surface area (Å²) in [4.78, 5) is 0. The molecular weight excluding hydrogens is 476 g/mol. The second-order valence-corrected chi connectivity index (χ2v) is 13.7. The number of nitrogens with zero attached hydrogens (tertiary/aromatic N) is 2. The summed E-state index contributed by atoms with van der Waals surface area (Å²) in [5, 5.41) is 11.6. The Balaban J connectivity index is 0.000000701. The van der Waals surface area contributed by atoms with Gasteiger partial charge in [-0.2, -0.15) is 5.10 Å². The van der Waals surface area contributed by atoms with Crippen molar-refractivity contribution in [1.29, 1.82) is 0 Å². The van der Waals surface area contributed by atoms with Crippen LogP contribution in [0.3, 0.4) is 0 Å². The van der Waals surface area contributed by atoms with Gasteiger partial charge in [0.15, 0.2) is 0 Å². The molecule has 0 saturated heterocycles. The van der Waals surface area contributed by atoms with Crippen LogP contribution in [-0.2, 0) is 6.54 Å². The molecule has 4 aliphatic rings. The molecule has 4 fully saturated rings. The molecule has 3 nitrogen and oxygen atoms in total. The zero-order valence-corrected chi connectivity index (χ0v) is 25.8. The number of hydrogen-bond acceptors (Lipinski definition) is 2. The van der Waals surface area contributed by atoms with Crippen molar-refractivity contribution in [2.24, 2.45) is 52.8 Å². The average Bonchev–Trinajstić information content (AvgIpc) is 3.59. The molecule has 39 heavy (non-hydrogen) atoms. The molecule has 1 aromatic rings. The molecule has 4 aliphatic carbocycles. The van der Waals surface area contributed by atoms with Gasteiger partial charge in [0.25, 0.3) is 0 Å². The van der Waals surface area contributed by atoms with Crippen LogP contribution in [0.5, 0.6) is 0 Å². The highest BCUT2D eigenvalue weighted by atomic mass is 16.2. The van der Waals surface area contributed by atoms with Crippen LogP contribution in [0, 0.1) is 65.1 Å². The van der Waals surface area contributed by atoms with Gasteiger partial charge in [-0.15, -0.1) is 6.42 Å². The largest absolute Gasteiger partial charge is 0.400 e. The second kappa shape index (κ2) is 16.2. The smallest absolute Gasteiger partial charge is 0.0646 e. The Morgan fingerprint density at radius 2 is 1.64 bits per heavy atom. The third kappa shape index (κ3) is 8.38. The zero-order valence-electron chi connectivity index (χ0n) is 25.8. The van der Waals surface area contributed by atoms with Crippen LogP contribution >= 0.6 is 0 Å². The van der Waals surface area contributed by atoms with Crippen LogP contribution in [0.4, 0.5) is 0 Å². The van der Waals surface area contributed by atoms with Crippen LogP contribution < -0.4 is 0 Å². The molecule has 0 radical (unpaired) electrons. The Bertz CT molecular complexity index is 848. The molecule has 5 rings (SSSR count). The minimum Gasteiger partial charge on any atom is -0.400 e. The first-order chi connectivity index (χ1) is 18.4. The van der Waals surface area contributed by atoms with Gasteiger partial charge in [-0.25, -0.2) is 0 Å². The van der Waals surface area contributed by atoms with Crippen molar-refractivity contribution >= 4 is 0 Å². The molecule has 3 heteroatoms. The standard InChI is InChI=1S/C30H46N2.C4H10.CH4O.CH4/c1-5-23-18-31-32(20-23)19-22(3)28-17-27(25-13-14-25)29-26-12-7-6-9-21(2)10-8-11-24(26)15-16-30(28,29)4;1-3-4-2;1-2;/h1,18,20-22,24-29H,6-17,19H2,2-4H3;3-4H2,1-2H3;2H,1H3;1H4. The van der Waals surface area contributed by atoms with Crippen molar-refractivity contribution in [1.82, 2.24) is 9.78 Å². The number of aliphatic hydroxyl groups excluding tert-OH is 1. The first kappa shape index (κ1) is 33.9. The van der Waals surface area contributed by atoms with Crippen LogP contribution in [-0.4, -0.2) is 22.0 Å². The molecule has 8 atom stereocenters. The highest BCUT2D eigenvalue weighted by Crippen LogP contribution is 2.68. The summed E-state index contributed by atoms with van der Waals surface area (Å²) in [6, 6.07) is 0. The van der Waals surface area contributed by atoms with E-state index in [4.69, 9.17) is 11.5 Å². The second-order valence-electron chi connectivity index (χ2n) is 13.7. The highest BCUT2D eigenvalue weighted by molar-refractivity contribution is 5.26. The number of fused-ring (bicyclic) bond motifs is 3. The van der Waals surface area contributed by atoms with E-state index in [0.29, 0.717) is 11.3 Å². The van der Waals surface area contributed by atoms with E-state index < -0.39 is 0 Å². The van der Waals surface area contributed by atoms with E-state index in [2.05, 4.69) is 56.5 Å². The molecule has 0 spiro atoms. The van der Waals surface area contributed by atoms with Crippen LogP contribution in [0.1, 0.15) is 138 Å². The van der Waals surface area contributed by atoms with Gasteiger partial charge in [0.2, 0.25) is 0 Å². The Morgan fingerprint density at radius 1 is 1.00 bits per heavy atom. The summed E-state index contributed by atoms with van der Waals surface area (Å²) in [7, 11) is 1.00. The fourth-order valence-electron chi connectivity index (χ4n) is 8.98. The van der Waals surface area contributed by atoms with E-state index in [-0.39, 0.29) is 7.43 Å². The molecule has 0 amide bonds. The van der Waals surface area contributed by atoms with Gasteiger partial charge < -0.3 is 5.11 Å². The first-order valence-corrected chi connectivity index (χ1v) is 16.3. The topological polar surface area (TPSA) is 38.0 Å². The van der Waals surface area contributed by atoms with Crippen molar-refractivity contribution in [3.63, 3.8) is 0 Å². The molecule has 8 unspecified atom stereocenters. The maximum absolute atomic E-state index is 7.00. The van der Waals surface area contributed by atoms with Crippen molar-refractivity contribution in [3.8, 4) is 12.3 Å². The number of hydrogen-bond donors (Lipinski definition) is 1. The molecule has 0 aliphatic heterocycles. The minimum absolute atomic E-state index is 0. The van der Waals surface area contributed by atoms with Crippen molar-refractivity contribution in [3.05, 3.63) is 18.0 Å². The quantitative estimate of drug-likeness (QED) is 0.377. The number of terminal acetylenes is 1. The summed E-state index contributed by atoms with van der Waals surface area (Å²) in [6.45, 7) is 13.1. The third-order valence-electron chi connectivity index (χ3n) is 11.2. The number of unbranched alkanes of at least 4 members (excludes halogenated alkanes) is 1. The molecule has 1 N–H and O–H groups in total. The van der Waals surface area contributed by atoms with Crippen LogP contribution in [0.2, 0.25) is 0 Å². The van der Waals surface area contributed by atoms with Gasteiger partial charge in [-0.3, -0.25) is 4.68 Å². The van der Waals surface area contributed by atoms with Crippen molar-refractivity contribution in [2.45, 2.75) is 138 Å². The number of rotatable bonds is 5. The zero-order chi connectivity index (χ0) is 27.7. The lowest BCUT2D eigenvalue weighted by Gasteiger charge is -2.52. The summed E-state index contributed by atoms with van der Waals surface area (Å²) in [5.74, 6) is 10.3. The van der Waals surface area contributed by atoms with Crippen molar-refractivity contribution < 1.29 is 5.11 Å². The third-order valence-corrected chi connectivity index (χ3v) is 11.2. The van der Waals surface area contributed by atoms with Crippen LogP contribution in [0.15, 0.2) is 12.4 Å². The maximum Gasteiger partial charge on any atom is 0.0646 e. The molecule has 224 valence electrons. The van der Waals surface area contributed by atoms with Gasteiger partial charge in [0.05, 0.1) is 11.8 Å². The van der Waals surface area contributed by atoms with E-state index in [1.165, 1.54) is 89.9 Å². The van der Waals surface area contributed by atoms with Crippen LogP contribution in [0.25, 0.3) is 0 Å². The fourth-order valence-corrected chi connectivity index (χ4v) is 8.98. The normalized spacial score (nSPS) is 34.8. The summed E-state index contributed by atoms with van der Waals surface area (Å²) >= 11 is 0. The Morgan fingerprint density at radius 3 is 2.26 bits per heavy atom. The van der Waals surface area contributed by atoms with Crippen molar-refractivity contribution in [2.75, 3.05) is 7.11 Å². The maximum atomic E-state index is 7.00. The Labute approximate surface area is 243 Å². The van der Waals surface area contributed by atoms with E-state index in [1.807, 2.05) is 6.20 Å². The van der Waals surface area contributed by atoms with E-state index in [1.54, 1.807) is 0 Å². The van der Waals surface area contributed by atoms with E-state index in [9.17, 15) is 0 Å². The van der Waals surface area contributed by atoms with E-state index in [0.717, 1.165) is 60.6 Å². The monoisotopic (exact) mass is 541 g/mol. The first-order valence-electron chi connectivity index (χ1n) is 16.3. The lowest BCUT2D eigenvalue weighted by molar-refractivity contribution is -0.0293. The predicted molar refractivity (Wildman–Crippen MR) is 168 cm³/mol. The Kier molecular flexibility index (Phi) is 14.1. The Hall–Kier alpha value is -1.27.